The number of nitrogens with zero attached hydrogens (tertiary/aromatic N) is 4. The molecular formula is C29H31Cl3N6O5. The van der Waals surface area contributed by atoms with Crippen LogP contribution < -0.4 is 15.4 Å². The predicted octanol–water partition coefficient (Wildman–Crippen LogP) is 6.01. The topological polar surface area (TPSA) is 128 Å². The van der Waals surface area contributed by atoms with Crippen LogP contribution in [0.5, 0.6) is 5.88 Å². The van der Waals surface area contributed by atoms with Crippen molar-refractivity contribution in [3.05, 3.63) is 62.9 Å². The van der Waals surface area contributed by atoms with E-state index in [2.05, 4.69) is 20.7 Å². The number of likely N-dealkylation sites (tertiary alicyclic amines) is 1. The minimum absolute atomic E-state index is 0.0163. The van der Waals surface area contributed by atoms with Crippen LogP contribution in [0.15, 0.2) is 36.5 Å². The second kappa shape index (κ2) is 12.2. The van der Waals surface area contributed by atoms with Crippen molar-refractivity contribution >= 4 is 58.4 Å². The highest BCUT2D eigenvalue weighted by atomic mass is 35.5. The molecule has 1 aliphatic heterocycles. The van der Waals surface area contributed by atoms with Gasteiger partial charge in [-0.05, 0) is 70.7 Å². The Labute approximate surface area is 263 Å². The summed E-state index contributed by atoms with van der Waals surface area (Å²) in [6, 6.07) is 7.53. The smallest absolute Gasteiger partial charge is 0.410 e. The number of hydrogen-bond donors (Lipinski definition) is 2. The van der Waals surface area contributed by atoms with Gasteiger partial charge in [0.25, 0.3) is 11.8 Å². The van der Waals surface area contributed by atoms with Gasteiger partial charge in [-0.2, -0.15) is 0 Å². The van der Waals surface area contributed by atoms with Crippen molar-refractivity contribution < 1.29 is 23.9 Å². The summed E-state index contributed by atoms with van der Waals surface area (Å²) in [5, 5.41) is 10.7. The quantitative estimate of drug-likeness (QED) is 0.306. The van der Waals surface area contributed by atoms with E-state index in [1.165, 1.54) is 34.0 Å². The monoisotopic (exact) mass is 648 g/mol. The standard InChI is InChI=1S/C29H31Cl3N6O5/c1-15(16-7-8-16)34-26(39)19-10-17(30)11-21(32)24(19)35-27(40)22-12-23(36-38(22)25-20(31)6-5-9-33-25)42-18-13-37(14-18)28(41)43-29(2,3)4/h5-6,9-12,15-16,18H,7-8,13-14H2,1-4H3,(H,34,39)(H,35,40). The number of carbonyl (C=O) groups is 3. The van der Waals surface area contributed by atoms with Crippen molar-refractivity contribution in [2.24, 2.45) is 5.92 Å². The van der Waals surface area contributed by atoms with Gasteiger partial charge in [-0.15, -0.1) is 5.10 Å². The fourth-order valence-electron chi connectivity index (χ4n) is 4.49. The van der Waals surface area contributed by atoms with Crippen LogP contribution in [0.4, 0.5) is 10.5 Å². The number of anilines is 1. The molecule has 43 heavy (non-hydrogen) atoms. The summed E-state index contributed by atoms with van der Waals surface area (Å²) < 4.78 is 12.6. The molecule has 2 aromatic heterocycles. The first-order valence-corrected chi connectivity index (χ1v) is 14.9. The van der Waals surface area contributed by atoms with E-state index >= 15 is 0 Å². The molecule has 1 unspecified atom stereocenters. The Morgan fingerprint density at radius 1 is 1.05 bits per heavy atom. The zero-order valence-corrected chi connectivity index (χ0v) is 26.3. The Hall–Kier alpha value is -3.54. The Morgan fingerprint density at radius 3 is 2.42 bits per heavy atom. The molecule has 1 saturated heterocycles. The van der Waals surface area contributed by atoms with Crippen molar-refractivity contribution in [1.82, 2.24) is 25.0 Å². The zero-order valence-electron chi connectivity index (χ0n) is 24.0. The number of carbonyl (C=O) groups excluding carboxylic acids is 3. The Bertz CT molecular complexity index is 1560. The number of hydrogen-bond acceptors (Lipinski definition) is 7. The van der Waals surface area contributed by atoms with Crippen LogP contribution in [0.3, 0.4) is 0 Å². The molecule has 2 fully saturated rings. The highest BCUT2D eigenvalue weighted by Crippen LogP contribution is 2.34. The summed E-state index contributed by atoms with van der Waals surface area (Å²) in [7, 11) is 0. The average molecular weight is 650 g/mol. The van der Waals surface area contributed by atoms with E-state index in [1.807, 2.05) is 6.92 Å². The van der Waals surface area contributed by atoms with Gasteiger partial charge in [0.15, 0.2) is 5.82 Å². The van der Waals surface area contributed by atoms with Crippen molar-refractivity contribution in [1.29, 1.82) is 0 Å². The molecule has 0 radical (unpaired) electrons. The van der Waals surface area contributed by atoms with Gasteiger partial charge in [0, 0.05) is 23.3 Å². The third kappa shape index (κ3) is 7.34. The SMILES string of the molecule is CC(NC(=O)c1cc(Cl)cc(Cl)c1NC(=O)c1cc(OC2CN(C(=O)OC(C)(C)C)C2)nn1-c1ncccc1Cl)C1CC1. The molecule has 11 nitrogen and oxygen atoms in total. The maximum atomic E-state index is 13.7. The average Bonchev–Trinajstić information content (AvgIpc) is 3.66. The van der Waals surface area contributed by atoms with Gasteiger partial charge < -0.3 is 25.0 Å². The van der Waals surface area contributed by atoms with Crippen LogP contribution in [0.1, 0.15) is 61.4 Å². The molecule has 1 aliphatic carbocycles. The largest absolute Gasteiger partial charge is 0.469 e. The predicted molar refractivity (Wildman–Crippen MR) is 163 cm³/mol. The van der Waals surface area contributed by atoms with Crippen LogP contribution in [0.2, 0.25) is 15.1 Å². The summed E-state index contributed by atoms with van der Waals surface area (Å²) in [6.07, 6.45) is 2.79. The highest BCUT2D eigenvalue weighted by molar-refractivity contribution is 6.38. The number of aromatic nitrogens is 3. The van der Waals surface area contributed by atoms with Crippen LogP contribution in [0, 0.1) is 5.92 Å². The molecule has 3 amide bonds. The van der Waals surface area contributed by atoms with E-state index in [0.29, 0.717) is 5.92 Å². The number of halogens is 3. The van der Waals surface area contributed by atoms with Crippen molar-refractivity contribution in [3.8, 4) is 11.7 Å². The fraction of sp³-hybridized carbons (Fsp3) is 0.414. The number of nitrogens with one attached hydrogen (secondary N) is 2. The lowest BCUT2D eigenvalue weighted by atomic mass is 10.1. The van der Waals surface area contributed by atoms with Gasteiger partial charge in [0.05, 0.1) is 34.4 Å². The highest BCUT2D eigenvalue weighted by Gasteiger charge is 2.36. The van der Waals surface area contributed by atoms with Crippen LogP contribution in [-0.2, 0) is 4.74 Å². The summed E-state index contributed by atoms with van der Waals surface area (Å²) in [5.74, 6) is -0.351. The number of benzene rings is 1. The van der Waals surface area contributed by atoms with E-state index in [0.717, 1.165) is 12.8 Å². The van der Waals surface area contributed by atoms with Gasteiger partial charge in [0.2, 0.25) is 5.88 Å². The molecule has 0 spiro atoms. The molecule has 1 saturated carbocycles. The molecular weight excluding hydrogens is 619 g/mol. The third-order valence-electron chi connectivity index (χ3n) is 6.87. The molecule has 2 aliphatic rings. The van der Waals surface area contributed by atoms with Gasteiger partial charge in [-0.25, -0.2) is 14.5 Å². The minimum atomic E-state index is -0.651. The normalized spacial score (nSPS) is 15.8. The lowest BCUT2D eigenvalue weighted by Gasteiger charge is -2.38. The van der Waals surface area contributed by atoms with Gasteiger partial charge in [-0.3, -0.25) is 9.59 Å². The summed E-state index contributed by atoms with van der Waals surface area (Å²) in [5.41, 5.74) is -0.392. The lowest BCUT2D eigenvalue weighted by Crippen LogP contribution is -2.57. The minimum Gasteiger partial charge on any atom is -0.469 e. The first kappa shape index (κ1) is 30.9. The van der Waals surface area contributed by atoms with E-state index in [4.69, 9.17) is 44.3 Å². The van der Waals surface area contributed by atoms with Crippen molar-refractivity contribution in [2.45, 2.75) is 58.3 Å². The second-order valence-corrected chi connectivity index (χ2v) is 12.8. The molecule has 228 valence electrons. The van der Waals surface area contributed by atoms with Crippen LogP contribution >= 0.6 is 34.8 Å². The molecule has 5 rings (SSSR count). The van der Waals surface area contributed by atoms with Gasteiger partial charge in [0.1, 0.15) is 17.4 Å². The summed E-state index contributed by atoms with van der Waals surface area (Å²) in [6.45, 7) is 7.88. The van der Waals surface area contributed by atoms with E-state index in [9.17, 15) is 14.4 Å². The first-order chi connectivity index (χ1) is 20.3. The Balaban J connectivity index is 1.39. The van der Waals surface area contributed by atoms with Crippen molar-refractivity contribution in [3.63, 3.8) is 0 Å². The molecule has 3 heterocycles. The number of amides is 3. The van der Waals surface area contributed by atoms with Gasteiger partial charge >= 0.3 is 6.09 Å². The number of rotatable bonds is 8. The molecule has 3 aromatic rings. The van der Waals surface area contributed by atoms with Crippen LogP contribution in [0.25, 0.3) is 5.82 Å². The second-order valence-electron chi connectivity index (χ2n) is 11.6. The van der Waals surface area contributed by atoms with E-state index in [1.54, 1.807) is 32.9 Å². The Morgan fingerprint density at radius 2 is 1.77 bits per heavy atom. The number of pyridine rings is 1. The van der Waals surface area contributed by atoms with E-state index < -0.39 is 23.5 Å². The van der Waals surface area contributed by atoms with Crippen LogP contribution in [-0.4, -0.2) is 68.4 Å². The lowest BCUT2D eigenvalue weighted by molar-refractivity contribution is -0.0233. The molecule has 1 aromatic carbocycles. The summed E-state index contributed by atoms with van der Waals surface area (Å²) in [4.78, 5) is 45.0. The molecule has 0 bridgehead atoms. The van der Waals surface area contributed by atoms with E-state index in [-0.39, 0.29) is 68.9 Å². The van der Waals surface area contributed by atoms with Crippen molar-refractivity contribution in [2.75, 3.05) is 18.4 Å². The Kier molecular flexibility index (Phi) is 8.78. The molecule has 2 N–H and O–H groups in total. The maximum absolute atomic E-state index is 13.7. The van der Waals surface area contributed by atoms with Gasteiger partial charge in [-0.1, -0.05) is 34.8 Å². The maximum Gasteiger partial charge on any atom is 0.410 e. The zero-order chi connectivity index (χ0) is 31.1. The fourth-order valence-corrected chi connectivity index (χ4v) is 5.23. The molecule has 14 heteroatoms. The summed E-state index contributed by atoms with van der Waals surface area (Å²) >= 11 is 19.1. The first-order valence-electron chi connectivity index (χ1n) is 13.8. The molecule has 1 atom stereocenters. The third-order valence-corrected chi connectivity index (χ3v) is 7.68. The number of ether oxygens (including phenoxy) is 2.